The van der Waals surface area contributed by atoms with Gasteiger partial charge >= 0.3 is 0 Å². The van der Waals surface area contributed by atoms with Crippen molar-refractivity contribution in [2.45, 2.75) is 31.2 Å². The molecule has 2 heterocycles. The Labute approximate surface area is 190 Å². The first kappa shape index (κ1) is 22.6. The molecule has 1 atom stereocenters. The van der Waals surface area contributed by atoms with Crippen LogP contribution in [-0.4, -0.2) is 36.3 Å². The third kappa shape index (κ3) is 4.46. The van der Waals surface area contributed by atoms with E-state index in [4.69, 9.17) is 0 Å². The van der Waals surface area contributed by atoms with E-state index in [9.17, 15) is 17.6 Å². The fourth-order valence-electron chi connectivity index (χ4n) is 3.87. The summed E-state index contributed by atoms with van der Waals surface area (Å²) in [7, 11) is -3.59. The molecule has 4 rings (SSSR count). The number of benzene rings is 2. The normalized spacial score (nSPS) is 18.2. The van der Waals surface area contributed by atoms with Gasteiger partial charge in [-0.15, -0.1) is 6.58 Å². The maximum Gasteiger partial charge on any atom is 0.279 e. The highest BCUT2D eigenvalue weighted by atomic mass is 32.2. The van der Waals surface area contributed by atoms with E-state index in [1.54, 1.807) is 16.7 Å². The first-order valence-electron chi connectivity index (χ1n) is 10.4. The number of halogens is 1. The number of hydrogen-bond acceptors (Lipinski definition) is 4. The number of aromatic nitrogens is 1. The summed E-state index contributed by atoms with van der Waals surface area (Å²) in [4.78, 5) is 17.6. The van der Waals surface area contributed by atoms with Crippen LogP contribution in [-0.2, 0) is 16.6 Å². The molecule has 1 aliphatic rings. The van der Waals surface area contributed by atoms with Crippen LogP contribution in [0.15, 0.2) is 65.0 Å². The summed E-state index contributed by atoms with van der Waals surface area (Å²) < 4.78 is 43.4. The molecule has 0 spiro atoms. The molecule has 2 aromatic carbocycles. The van der Waals surface area contributed by atoms with Gasteiger partial charge in [-0.05, 0) is 61.2 Å². The molecule has 9 heteroatoms. The van der Waals surface area contributed by atoms with Gasteiger partial charge in [0.05, 0.1) is 15.1 Å². The highest BCUT2D eigenvalue weighted by Gasteiger charge is 2.28. The summed E-state index contributed by atoms with van der Waals surface area (Å²) in [5.74, 6) is -0.525. The van der Waals surface area contributed by atoms with E-state index in [1.165, 1.54) is 52.0 Å². The Balaban J connectivity index is 1.64. The molecule has 1 fully saturated rings. The Bertz CT molecular complexity index is 1340. The number of nitrogens with zero attached hydrogens (tertiary/aromatic N) is 3. The van der Waals surface area contributed by atoms with Gasteiger partial charge in [0, 0.05) is 25.2 Å². The third-order valence-electron chi connectivity index (χ3n) is 5.51. The molecule has 0 bridgehead atoms. The van der Waals surface area contributed by atoms with E-state index in [1.807, 2.05) is 6.92 Å². The van der Waals surface area contributed by atoms with Gasteiger partial charge in [0.25, 0.3) is 5.91 Å². The first-order valence-corrected chi connectivity index (χ1v) is 12.6. The Hall–Kier alpha value is -2.62. The van der Waals surface area contributed by atoms with Crippen molar-refractivity contribution in [3.8, 4) is 0 Å². The lowest BCUT2D eigenvalue weighted by Crippen LogP contribution is -2.39. The first-order chi connectivity index (χ1) is 15.3. The van der Waals surface area contributed by atoms with Gasteiger partial charge in [0.2, 0.25) is 10.0 Å². The average Bonchev–Trinajstić information content (AvgIpc) is 3.10. The van der Waals surface area contributed by atoms with Crippen LogP contribution in [0.3, 0.4) is 0 Å². The molecule has 0 saturated carbocycles. The number of carbonyl (C=O) groups is 1. The van der Waals surface area contributed by atoms with Gasteiger partial charge in [-0.25, -0.2) is 12.8 Å². The molecule has 168 valence electrons. The van der Waals surface area contributed by atoms with Gasteiger partial charge < -0.3 is 4.57 Å². The fourth-order valence-corrected chi connectivity index (χ4v) is 6.53. The van der Waals surface area contributed by atoms with Crippen LogP contribution in [0.4, 0.5) is 4.39 Å². The summed E-state index contributed by atoms with van der Waals surface area (Å²) >= 11 is 1.21. The highest BCUT2D eigenvalue weighted by Crippen LogP contribution is 2.24. The number of sulfonamides is 1. The van der Waals surface area contributed by atoms with Crippen LogP contribution in [0.5, 0.6) is 0 Å². The predicted octanol–water partition coefficient (Wildman–Crippen LogP) is 4.19. The number of carbonyl (C=O) groups excluding carboxylic acids is 1. The van der Waals surface area contributed by atoms with Crippen LogP contribution >= 0.6 is 11.3 Å². The minimum absolute atomic E-state index is 0.169. The van der Waals surface area contributed by atoms with Crippen molar-refractivity contribution in [2.24, 2.45) is 10.9 Å². The topological polar surface area (TPSA) is 71.7 Å². The lowest BCUT2D eigenvalue weighted by molar-refractivity contribution is 0.0997. The van der Waals surface area contributed by atoms with Crippen molar-refractivity contribution < 1.29 is 17.6 Å². The van der Waals surface area contributed by atoms with Crippen molar-refractivity contribution in [1.82, 2.24) is 8.87 Å². The zero-order valence-electron chi connectivity index (χ0n) is 17.7. The van der Waals surface area contributed by atoms with Crippen molar-refractivity contribution in [1.29, 1.82) is 0 Å². The summed E-state index contributed by atoms with van der Waals surface area (Å²) in [6.45, 7) is 7.22. The number of fused-ring (bicyclic) bond motifs is 1. The van der Waals surface area contributed by atoms with Gasteiger partial charge in [0.1, 0.15) is 5.82 Å². The van der Waals surface area contributed by atoms with Gasteiger partial charge in [-0.2, -0.15) is 9.30 Å². The standard InChI is InChI=1S/C23H24FN3O3S2/c1-3-12-27-20-11-8-18(24)14-21(20)31-23(27)25-22(28)17-6-9-19(10-7-17)32(29,30)26-13-4-5-16(2)15-26/h3,6-11,14,16H,1,4-5,12-13,15H2,2H3. The van der Waals surface area contributed by atoms with Crippen LogP contribution in [0.25, 0.3) is 10.2 Å². The minimum atomic E-state index is -3.59. The van der Waals surface area contributed by atoms with Crippen LogP contribution in [0, 0.1) is 11.7 Å². The van der Waals surface area contributed by atoms with E-state index in [0.29, 0.717) is 35.1 Å². The van der Waals surface area contributed by atoms with Crippen molar-refractivity contribution in [3.05, 3.63) is 71.3 Å². The molecular formula is C23H24FN3O3S2. The number of amides is 1. The molecule has 1 aliphatic heterocycles. The molecule has 0 radical (unpaired) electrons. The number of rotatable bonds is 5. The molecule has 1 aromatic heterocycles. The second-order valence-corrected chi connectivity index (χ2v) is 10.9. The molecule has 1 saturated heterocycles. The monoisotopic (exact) mass is 473 g/mol. The second kappa shape index (κ2) is 9.09. The quantitative estimate of drug-likeness (QED) is 0.522. The van der Waals surface area contributed by atoms with Crippen LogP contribution in [0.2, 0.25) is 0 Å². The number of thiazole rings is 1. The van der Waals surface area contributed by atoms with Crippen molar-refractivity contribution in [3.63, 3.8) is 0 Å². The lowest BCUT2D eigenvalue weighted by Gasteiger charge is -2.30. The third-order valence-corrected chi connectivity index (χ3v) is 8.43. The van der Waals surface area contributed by atoms with E-state index in [2.05, 4.69) is 11.6 Å². The fraction of sp³-hybridized carbons (Fsp3) is 0.304. The molecule has 1 amide bonds. The summed E-state index contributed by atoms with van der Waals surface area (Å²) in [6, 6.07) is 10.3. The van der Waals surface area contributed by atoms with Gasteiger partial charge in [0.15, 0.2) is 4.80 Å². The van der Waals surface area contributed by atoms with Crippen LogP contribution < -0.4 is 4.80 Å². The molecule has 1 unspecified atom stereocenters. The number of allylic oxidation sites excluding steroid dienone is 1. The smallest absolute Gasteiger partial charge is 0.279 e. The average molecular weight is 474 g/mol. The Morgan fingerprint density at radius 1 is 1.28 bits per heavy atom. The van der Waals surface area contributed by atoms with E-state index in [0.717, 1.165) is 18.4 Å². The summed E-state index contributed by atoms with van der Waals surface area (Å²) in [6.07, 6.45) is 3.55. The highest BCUT2D eigenvalue weighted by molar-refractivity contribution is 7.89. The number of hydrogen-bond donors (Lipinski definition) is 0. The molecule has 0 aliphatic carbocycles. The number of piperidine rings is 1. The molecule has 6 nitrogen and oxygen atoms in total. The van der Waals surface area contributed by atoms with Gasteiger partial charge in [-0.1, -0.05) is 24.3 Å². The van der Waals surface area contributed by atoms with Crippen molar-refractivity contribution >= 4 is 37.5 Å². The Morgan fingerprint density at radius 2 is 2.03 bits per heavy atom. The van der Waals surface area contributed by atoms with E-state index < -0.39 is 15.9 Å². The molecule has 0 N–H and O–H groups in total. The Kier molecular flexibility index (Phi) is 6.41. The SMILES string of the molecule is C=CCn1c(=NC(=O)c2ccc(S(=O)(=O)N3CCCC(C)C3)cc2)sc2cc(F)ccc21. The summed E-state index contributed by atoms with van der Waals surface area (Å²) in [5, 5.41) is 0. The van der Waals surface area contributed by atoms with Gasteiger partial charge in [-0.3, -0.25) is 4.79 Å². The lowest BCUT2D eigenvalue weighted by atomic mass is 10.0. The van der Waals surface area contributed by atoms with E-state index in [-0.39, 0.29) is 16.3 Å². The largest absolute Gasteiger partial charge is 0.312 e. The predicted molar refractivity (Wildman–Crippen MR) is 123 cm³/mol. The second-order valence-electron chi connectivity index (χ2n) is 7.95. The van der Waals surface area contributed by atoms with E-state index >= 15 is 0 Å². The maximum absolute atomic E-state index is 13.6. The zero-order chi connectivity index (χ0) is 22.9. The Morgan fingerprint density at radius 3 is 2.72 bits per heavy atom. The maximum atomic E-state index is 13.6. The molecular weight excluding hydrogens is 449 g/mol. The summed E-state index contributed by atoms with van der Waals surface area (Å²) in [5.41, 5.74) is 1.05. The molecule has 32 heavy (non-hydrogen) atoms. The molecule has 3 aromatic rings. The minimum Gasteiger partial charge on any atom is -0.312 e. The zero-order valence-corrected chi connectivity index (χ0v) is 19.3. The van der Waals surface area contributed by atoms with Crippen molar-refractivity contribution in [2.75, 3.05) is 13.1 Å². The van der Waals surface area contributed by atoms with Crippen LogP contribution in [0.1, 0.15) is 30.1 Å².